The zero-order valence-corrected chi connectivity index (χ0v) is 10.9. The second-order valence-electron chi connectivity index (χ2n) is 4.34. The molecular formula is C13H16N4O2. The van der Waals surface area contributed by atoms with E-state index >= 15 is 0 Å². The van der Waals surface area contributed by atoms with E-state index in [1.54, 1.807) is 6.92 Å². The van der Waals surface area contributed by atoms with E-state index in [0.29, 0.717) is 12.4 Å². The number of aromatic amines is 1. The number of H-pyrrole nitrogens is 1. The van der Waals surface area contributed by atoms with Crippen LogP contribution in [0.25, 0.3) is 11.0 Å². The molecule has 1 unspecified atom stereocenters. The van der Waals surface area contributed by atoms with E-state index in [1.165, 1.54) is 6.92 Å². The van der Waals surface area contributed by atoms with Crippen molar-refractivity contribution in [2.45, 2.75) is 26.4 Å². The fourth-order valence-electron chi connectivity index (χ4n) is 1.78. The molecule has 0 bridgehead atoms. The maximum absolute atomic E-state index is 11.7. The summed E-state index contributed by atoms with van der Waals surface area (Å²) in [5, 5.41) is 5.24. The minimum Gasteiger partial charge on any atom is -0.347 e. The lowest BCUT2D eigenvalue weighted by Crippen LogP contribution is -2.43. The summed E-state index contributed by atoms with van der Waals surface area (Å²) < 4.78 is 0. The Morgan fingerprint density at radius 1 is 1.37 bits per heavy atom. The molecule has 6 heteroatoms. The molecule has 1 heterocycles. The van der Waals surface area contributed by atoms with Crippen LogP contribution >= 0.6 is 0 Å². The SMILES string of the molecule is CC(=O)NC(C)C(=O)NCc1nc2ccccc2[nH]1. The van der Waals surface area contributed by atoms with Crippen molar-refractivity contribution < 1.29 is 9.59 Å². The van der Waals surface area contributed by atoms with Gasteiger partial charge in [-0.1, -0.05) is 12.1 Å². The Kier molecular flexibility index (Phi) is 3.79. The van der Waals surface area contributed by atoms with Gasteiger partial charge in [-0.3, -0.25) is 9.59 Å². The van der Waals surface area contributed by atoms with Crippen LogP contribution in [0.1, 0.15) is 19.7 Å². The number of nitrogens with one attached hydrogen (secondary N) is 3. The molecular weight excluding hydrogens is 244 g/mol. The number of rotatable bonds is 4. The van der Waals surface area contributed by atoms with Gasteiger partial charge in [-0.15, -0.1) is 0 Å². The Morgan fingerprint density at radius 3 is 2.79 bits per heavy atom. The van der Waals surface area contributed by atoms with Crippen molar-refractivity contribution in [2.75, 3.05) is 0 Å². The standard InChI is InChI=1S/C13H16N4O2/c1-8(15-9(2)18)13(19)14-7-12-16-10-5-3-4-6-11(10)17-12/h3-6,8H,7H2,1-2H3,(H,14,19)(H,15,18)(H,16,17). The molecule has 0 aliphatic carbocycles. The number of hydrogen-bond acceptors (Lipinski definition) is 3. The lowest BCUT2D eigenvalue weighted by Gasteiger charge is -2.11. The lowest BCUT2D eigenvalue weighted by molar-refractivity contribution is -0.127. The molecule has 0 fully saturated rings. The van der Waals surface area contributed by atoms with Gasteiger partial charge in [-0.05, 0) is 19.1 Å². The fourth-order valence-corrected chi connectivity index (χ4v) is 1.78. The quantitative estimate of drug-likeness (QED) is 0.756. The van der Waals surface area contributed by atoms with Gasteiger partial charge in [-0.25, -0.2) is 4.98 Å². The van der Waals surface area contributed by atoms with Crippen molar-refractivity contribution in [3.8, 4) is 0 Å². The van der Waals surface area contributed by atoms with E-state index in [1.807, 2.05) is 24.3 Å². The van der Waals surface area contributed by atoms with E-state index in [2.05, 4.69) is 20.6 Å². The molecule has 0 saturated heterocycles. The summed E-state index contributed by atoms with van der Waals surface area (Å²) in [7, 11) is 0. The van der Waals surface area contributed by atoms with Gasteiger partial charge in [0.25, 0.3) is 0 Å². The van der Waals surface area contributed by atoms with Crippen LogP contribution in [-0.2, 0) is 16.1 Å². The second-order valence-corrected chi connectivity index (χ2v) is 4.34. The molecule has 2 aromatic rings. The molecule has 2 amide bonds. The highest BCUT2D eigenvalue weighted by molar-refractivity contribution is 5.86. The average molecular weight is 260 g/mol. The molecule has 19 heavy (non-hydrogen) atoms. The van der Waals surface area contributed by atoms with E-state index in [-0.39, 0.29) is 11.8 Å². The Labute approximate surface area is 110 Å². The van der Waals surface area contributed by atoms with Crippen LogP contribution in [0, 0.1) is 0 Å². The highest BCUT2D eigenvalue weighted by Gasteiger charge is 2.13. The lowest BCUT2D eigenvalue weighted by atomic mass is 10.3. The monoisotopic (exact) mass is 260 g/mol. The minimum atomic E-state index is -0.554. The number of benzene rings is 1. The minimum absolute atomic E-state index is 0.230. The van der Waals surface area contributed by atoms with Crippen LogP contribution in [0.3, 0.4) is 0 Å². The van der Waals surface area contributed by atoms with Crippen LogP contribution in [0.2, 0.25) is 0 Å². The number of carbonyl (C=O) groups excluding carboxylic acids is 2. The summed E-state index contributed by atoms with van der Waals surface area (Å²) in [6.07, 6.45) is 0. The van der Waals surface area contributed by atoms with Gasteiger partial charge in [0.1, 0.15) is 11.9 Å². The van der Waals surface area contributed by atoms with Crippen molar-refractivity contribution in [2.24, 2.45) is 0 Å². The van der Waals surface area contributed by atoms with Gasteiger partial charge in [0, 0.05) is 6.92 Å². The number of aromatic nitrogens is 2. The van der Waals surface area contributed by atoms with E-state index < -0.39 is 6.04 Å². The Hall–Kier alpha value is -2.37. The first-order chi connectivity index (χ1) is 9.06. The number of carbonyl (C=O) groups is 2. The normalized spacial score (nSPS) is 12.1. The van der Waals surface area contributed by atoms with Crippen molar-refractivity contribution in [3.63, 3.8) is 0 Å². The third-order valence-electron chi connectivity index (χ3n) is 2.68. The molecule has 1 aromatic carbocycles. The van der Waals surface area contributed by atoms with Crippen LogP contribution in [0.5, 0.6) is 0 Å². The van der Waals surface area contributed by atoms with E-state index in [9.17, 15) is 9.59 Å². The Balaban J connectivity index is 1.94. The Morgan fingerprint density at radius 2 is 2.11 bits per heavy atom. The van der Waals surface area contributed by atoms with Gasteiger partial charge >= 0.3 is 0 Å². The van der Waals surface area contributed by atoms with Crippen LogP contribution in [-0.4, -0.2) is 27.8 Å². The number of para-hydroxylation sites is 2. The second kappa shape index (κ2) is 5.51. The molecule has 0 saturated carbocycles. The van der Waals surface area contributed by atoms with Crippen molar-refractivity contribution in [3.05, 3.63) is 30.1 Å². The van der Waals surface area contributed by atoms with E-state index in [4.69, 9.17) is 0 Å². The molecule has 0 radical (unpaired) electrons. The van der Waals surface area contributed by atoms with Crippen molar-refractivity contribution in [1.29, 1.82) is 0 Å². The summed E-state index contributed by atoms with van der Waals surface area (Å²) in [6.45, 7) is 3.32. The summed E-state index contributed by atoms with van der Waals surface area (Å²) in [5.74, 6) is 0.214. The van der Waals surface area contributed by atoms with Crippen molar-refractivity contribution in [1.82, 2.24) is 20.6 Å². The van der Waals surface area contributed by atoms with Crippen molar-refractivity contribution >= 4 is 22.8 Å². The number of imidazole rings is 1. The molecule has 100 valence electrons. The predicted molar refractivity (Wildman–Crippen MR) is 71.2 cm³/mol. The largest absolute Gasteiger partial charge is 0.347 e. The smallest absolute Gasteiger partial charge is 0.242 e. The fraction of sp³-hybridized carbons (Fsp3) is 0.308. The third kappa shape index (κ3) is 3.31. The molecule has 1 aromatic heterocycles. The molecule has 2 rings (SSSR count). The first kappa shape index (κ1) is 13.1. The van der Waals surface area contributed by atoms with Gasteiger partial charge in [0.05, 0.1) is 17.6 Å². The predicted octanol–water partition coefficient (Wildman–Crippen LogP) is 0.704. The summed E-state index contributed by atoms with van der Waals surface area (Å²) in [6, 6.07) is 7.10. The van der Waals surface area contributed by atoms with Gasteiger partial charge in [-0.2, -0.15) is 0 Å². The number of nitrogens with zero attached hydrogens (tertiary/aromatic N) is 1. The maximum Gasteiger partial charge on any atom is 0.242 e. The van der Waals surface area contributed by atoms with Gasteiger partial charge < -0.3 is 15.6 Å². The van der Waals surface area contributed by atoms with Gasteiger partial charge in [0.15, 0.2) is 0 Å². The number of hydrogen-bond donors (Lipinski definition) is 3. The van der Waals surface area contributed by atoms with E-state index in [0.717, 1.165) is 11.0 Å². The molecule has 6 nitrogen and oxygen atoms in total. The van der Waals surface area contributed by atoms with Crippen LogP contribution in [0.15, 0.2) is 24.3 Å². The summed E-state index contributed by atoms with van der Waals surface area (Å²) in [5.41, 5.74) is 1.79. The first-order valence-corrected chi connectivity index (χ1v) is 6.04. The van der Waals surface area contributed by atoms with Gasteiger partial charge in [0.2, 0.25) is 11.8 Å². The van der Waals surface area contributed by atoms with Crippen LogP contribution in [0.4, 0.5) is 0 Å². The molecule has 1 atom stereocenters. The van der Waals surface area contributed by atoms with Crippen LogP contribution < -0.4 is 10.6 Å². The zero-order valence-electron chi connectivity index (χ0n) is 10.9. The summed E-state index contributed by atoms with van der Waals surface area (Å²) in [4.78, 5) is 30.0. The number of amides is 2. The Bertz CT molecular complexity index is 572. The molecule has 0 spiro atoms. The highest BCUT2D eigenvalue weighted by atomic mass is 16.2. The molecule has 3 N–H and O–H groups in total. The third-order valence-corrected chi connectivity index (χ3v) is 2.68. The average Bonchev–Trinajstić information content (AvgIpc) is 2.77. The maximum atomic E-state index is 11.7. The topological polar surface area (TPSA) is 86.9 Å². The molecule has 0 aliphatic heterocycles. The summed E-state index contributed by atoms with van der Waals surface area (Å²) >= 11 is 0. The highest BCUT2D eigenvalue weighted by Crippen LogP contribution is 2.09. The first-order valence-electron chi connectivity index (χ1n) is 6.04. The zero-order chi connectivity index (χ0) is 13.8. The molecule has 0 aliphatic rings. The number of fused-ring (bicyclic) bond motifs is 1.